The van der Waals surface area contributed by atoms with E-state index in [0.29, 0.717) is 13.2 Å². The molecule has 2 N–H and O–H groups in total. The Bertz CT molecular complexity index is 849. The molecule has 2 heterocycles. The molecule has 8 heteroatoms. The zero-order valence-corrected chi connectivity index (χ0v) is 19.1. The zero-order valence-electron chi connectivity index (χ0n) is 19.1. The van der Waals surface area contributed by atoms with Crippen LogP contribution >= 0.6 is 0 Å². The Labute approximate surface area is 185 Å². The van der Waals surface area contributed by atoms with E-state index in [9.17, 15) is 0 Å². The summed E-state index contributed by atoms with van der Waals surface area (Å²) < 4.78 is 13.7. The van der Waals surface area contributed by atoms with Crippen LogP contribution in [-0.2, 0) is 25.8 Å². The molecule has 0 saturated heterocycles. The highest BCUT2D eigenvalue weighted by Gasteiger charge is 2.14. The van der Waals surface area contributed by atoms with Gasteiger partial charge in [0.1, 0.15) is 11.6 Å². The standard InChI is InChI=1S/C23H36N6O2/c1-4-30-19-11-10-18(17-20(19)31-5-2)12-14-25-23(24-3)26-15-13-22-28-27-21-9-7-6-8-16-29(21)22/h10-11,17H,4-9,12-16H2,1-3H3,(H2,24,25,26). The predicted octanol–water partition coefficient (Wildman–Crippen LogP) is 2.75. The smallest absolute Gasteiger partial charge is 0.191 e. The molecule has 1 aliphatic rings. The Kier molecular flexibility index (Phi) is 8.99. The predicted molar refractivity (Wildman–Crippen MR) is 123 cm³/mol. The number of ether oxygens (including phenoxy) is 2. The van der Waals surface area contributed by atoms with E-state index in [4.69, 9.17) is 9.47 Å². The molecular formula is C23H36N6O2. The summed E-state index contributed by atoms with van der Waals surface area (Å²) in [7, 11) is 1.79. The lowest BCUT2D eigenvalue weighted by Crippen LogP contribution is -2.39. The summed E-state index contributed by atoms with van der Waals surface area (Å²) in [5.74, 6) is 4.60. The number of nitrogens with one attached hydrogen (secondary N) is 2. The topological polar surface area (TPSA) is 85.6 Å². The number of guanidine groups is 1. The number of aliphatic imine (C=N–C) groups is 1. The third kappa shape index (κ3) is 6.60. The minimum Gasteiger partial charge on any atom is -0.490 e. The number of nitrogens with zero attached hydrogens (tertiary/aromatic N) is 4. The molecule has 0 amide bonds. The van der Waals surface area contributed by atoms with Crippen molar-refractivity contribution in [2.75, 3.05) is 33.4 Å². The van der Waals surface area contributed by atoms with Crippen molar-refractivity contribution in [3.05, 3.63) is 35.4 Å². The Balaban J connectivity index is 1.45. The first-order valence-corrected chi connectivity index (χ1v) is 11.5. The molecule has 0 spiro atoms. The summed E-state index contributed by atoms with van der Waals surface area (Å²) in [6.07, 6.45) is 6.45. The molecule has 1 aliphatic heterocycles. The van der Waals surface area contributed by atoms with Gasteiger partial charge in [-0.15, -0.1) is 10.2 Å². The van der Waals surface area contributed by atoms with Crippen LogP contribution in [0.1, 0.15) is 50.3 Å². The number of benzene rings is 1. The number of aromatic nitrogens is 3. The molecular weight excluding hydrogens is 392 g/mol. The van der Waals surface area contributed by atoms with Crippen LogP contribution in [0.5, 0.6) is 11.5 Å². The fraction of sp³-hybridized carbons (Fsp3) is 0.609. The summed E-state index contributed by atoms with van der Waals surface area (Å²) in [6, 6.07) is 6.13. The zero-order chi connectivity index (χ0) is 21.9. The van der Waals surface area contributed by atoms with E-state index in [1.807, 2.05) is 19.9 Å². The van der Waals surface area contributed by atoms with Crippen LogP contribution in [0.3, 0.4) is 0 Å². The third-order valence-electron chi connectivity index (χ3n) is 5.36. The van der Waals surface area contributed by atoms with Gasteiger partial charge in [0.2, 0.25) is 0 Å². The van der Waals surface area contributed by atoms with E-state index < -0.39 is 0 Å². The number of hydrogen-bond acceptors (Lipinski definition) is 5. The second kappa shape index (κ2) is 12.2. The molecule has 0 atom stereocenters. The highest BCUT2D eigenvalue weighted by Crippen LogP contribution is 2.28. The van der Waals surface area contributed by atoms with Crippen molar-refractivity contribution in [2.24, 2.45) is 4.99 Å². The molecule has 0 fully saturated rings. The van der Waals surface area contributed by atoms with E-state index in [2.05, 4.69) is 42.5 Å². The molecule has 3 rings (SSSR count). The van der Waals surface area contributed by atoms with Gasteiger partial charge in [0.05, 0.1) is 13.2 Å². The van der Waals surface area contributed by atoms with Gasteiger partial charge in [-0.25, -0.2) is 0 Å². The number of aryl methyl sites for hydroxylation is 1. The van der Waals surface area contributed by atoms with Crippen molar-refractivity contribution in [2.45, 2.75) is 58.9 Å². The Morgan fingerprint density at radius 2 is 1.77 bits per heavy atom. The molecule has 1 aromatic carbocycles. The van der Waals surface area contributed by atoms with Crippen LogP contribution in [0.2, 0.25) is 0 Å². The van der Waals surface area contributed by atoms with Gasteiger partial charge < -0.3 is 24.7 Å². The minimum atomic E-state index is 0.619. The van der Waals surface area contributed by atoms with Crippen LogP contribution in [0, 0.1) is 0 Å². The highest BCUT2D eigenvalue weighted by atomic mass is 16.5. The van der Waals surface area contributed by atoms with Crippen LogP contribution < -0.4 is 20.1 Å². The van der Waals surface area contributed by atoms with Crippen molar-refractivity contribution < 1.29 is 9.47 Å². The van der Waals surface area contributed by atoms with Crippen molar-refractivity contribution >= 4 is 5.96 Å². The van der Waals surface area contributed by atoms with Gasteiger partial charge in [-0.05, 0) is 50.8 Å². The molecule has 2 aromatic rings. The summed E-state index contributed by atoms with van der Waals surface area (Å²) in [4.78, 5) is 4.33. The SMILES string of the molecule is CCOc1ccc(CCNC(=NC)NCCc2nnc3n2CCCCC3)cc1OCC. The first kappa shape index (κ1) is 22.9. The van der Waals surface area contributed by atoms with Gasteiger partial charge in [-0.2, -0.15) is 0 Å². The summed E-state index contributed by atoms with van der Waals surface area (Å²) >= 11 is 0. The number of fused-ring (bicyclic) bond motifs is 1. The molecule has 31 heavy (non-hydrogen) atoms. The molecule has 0 saturated carbocycles. The van der Waals surface area contributed by atoms with E-state index >= 15 is 0 Å². The quantitative estimate of drug-likeness (QED) is 0.447. The summed E-state index contributed by atoms with van der Waals surface area (Å²) in [6.45, 7) is 7.79. The van der Waals surface area contributed by atoms with E-state index in [-0.39, 0.29) is 0 Å². The van der Waals surface area contributed by atoms with Gasteiger partial charge in [0.25, 0.3) is 0 Å². The van der Waals surface area contributed by atoms with Gasteiger partial charge >= 0.3 is 0 Å². The molecule has 0 aliphatic carbocycles. The van der Waals surface area contributed by atoms with E-state index in [1.165, 1.54) is 24.8 Å². The lowest BCUT2D eigenvalue weighted by atomic mass is 10.1. The largest absolute Gasteiger partial charge is 0.490 e. The molecule has 0 radical (unpaired) electrons. The van der Waals surface area contributed by atoms with Gasteiger partial charge in [0, 0.05) is 39.5 Å². The van der Waals surface area contributed by atoms with Crippen LogP contribution in [0.15, 0.2) is 23.2 Å². The van der Waals surface area contributed by atoms with Gasteiger partial charge in [-0.3, -0.25) is 4.99 Å². The maximum Gasteiger partial charge on any atom is 0.191 e. The monoisotopic (exact) mass is 428 g/mol. The Morgan fingerprint density at radius 3 is 2.55 bits per heavy atom. The first-order valence-electron chi connectivity index (χ1n) is 11.5. The fourth-order valence-corrected chi connectivity index (χ4v) is 3.82. The van der Waals surface area contributed by atoms with Crippen molar-refractivity contribution in [1.82, 2.24) is 25.4 Å². The lowest BCUT2D eigenvalue weighted by Gasteiger charge is -2.14. The number of hydrogen-bond donors (Lipinski definition) is 2. The minimum absolute atomic E-state index is 0.619. The van der Waals surface area contributed by atoms with Crippen molar-refractivity contribution in [1.29, 1.82) is 0 Å². The van der Waals surface area contributed by atoms with E-state index in [1.54, 1.807) is 7.05 Å². The summed E-state index contributed by atoms with van der Waals surface area (Å²) in [5, 5.41) is 15.5. The fourth-order valence-electron chi connectivity index (χ4n) is 3.82. The average Bonchev–Trinajstić information content (AvgIpc) is 3.00. The van der Waals surface area contributed by atoms with Gasteiger partial charge in [-0.1, -0.05) is 12.5 Å². The molecule has 0 unspecified atom stereocenters. The molecule has 8 nitrogen and oxygen atoms in total. The van der Waals surface area contributed by atoms with Crippen LogP contribution in [0.4, 0.5) is 0 Å². The Morgan fingerprint density at radius 1 is 1.00 bits per heavy atom. The van der Waals surface area contributed by atoms with Crippen LogP contribution in [0.25, 0.3) is 0 Å². The normalized spacial score (nSPS) is 14.0. The molecule has 0 bridgehead atoms. The highest BCUT2D eigenvalue weighted by molar-refractivity contribution is 5.79. The van der Waals surface area contributed by atoms with Crippen molar-refractivity contribution in [3.63, 3.8) is 0 Å². The Hall–Kier alpha value is -2.77. The van der Waals surface area contributed by atoms with Crippen molar-refractivity contribution in [3.8, 4) is 11.5 Å². The molecule has 1 aromatic heterocycles. The first-order chi connectivity index (χ1) is 15.2. The van der Waals surface area contributed by atoms with E-state index in [0.717, 1.165) is 68.0 Å². The average molecular weight is 429 g/mol. The lowest BCUT2D eigenvalue weighted by molar-refractivity contribution is 0.287. The molecule has 170 valence electrons. The third-order valence-corrected chi connectivity index (χ3v) is 5.36. The summed E-state index contributed by atoms with van der Waals surface area (Å²) in [5.41, 5.74) is 1.20. The van der Waals surface area contributed by atoms with Crippen LogP contribution in [-0.4, -0.2) is 54.1 Å². The maximum absolute atomic E-state index is 5.72. The second-order valence-corrected chi connectivity index (χ2v) is 7.57. The van der Waals surface area contributed by atoms with Gasteiger partial charge in [0.15, 0.2) is 17.5 Å². The number of rotatable bonds is 10. The second-order valence-electron chi connectivity index (χ2n) is 7.57. The maximum atomic E-state index is 5.72.